The normalized spacial score (nSPS) is 10.6. The van der Waals surface area contributed by atoms with Crippen LogP contribution in [0.25, 0.3) is 0 Å². The van der Waals surface area contributed by atoms with Crippen molar-refractivity contribution >= 4 is 11.6 Å². The molecule has 0 atom stereocenters. The number of hydrogen-bond acceptors (Lipinski definition) is 0. The molecule has 41 valence electrons. The van der Waals surface area contributed by atoms with Gasteiger partial charge in [-0.05, 0) is 6.42 Å². The lowest BCUT2D eigenvalue weighted by atomic mass is 10.3. The average Bonchev–Trinajstić information content (AvgIpc) is 1.69. The zero-order valence-electron chi connectivity index (χ0n) is 4.52. The third-order valence-corrected chi connectivity index (χ3v) is 0.810. The Morgan fingerprint density at radius 3 is 2.71 bits per heavy atom. The lowest BCUT2D eigenvalue weighted by Gasteiger charge is -1.78. The number of unbranched alkanes of at least 4 members (excludes halogenated alkanes) is 1. The van der Waals surface area contributed by atoms with E-state index < -0.39 is 0 Å². The topological polar surface area (TPSA) is 0 Å². The van der Waals surface area contributed by atoms with E-state index in [4.69, 9.17) is 11.6 Å². The van der Waals surface area contributed by atoms with Gasteiger partial charge in [0.15, 0.2) is 0 Å². The Morgan fingerprint density at radius 2 is 2.29 bits per heavy atom. The minimum absolute atomic E-state index is 1.13. The zero-order chi connectivity index (χ0) is 5.54. The van der Waals surface area contributed by atoms with Crippen LogP contribution in [-0.4, -0.2) is 0 Å². The maximum atomic E-state index is 5.23. The standard InChI is InChI=1S/C6H10Cl/c1-2-3-4-5-6-7/h4-6H,2-3H2,1H3. The van der Waals surface area contributed by atoms with E-state index in [1.54, 1.807) is 0 Å². The van der Waals surface area contributed by atoms with Crippen molar-refractivity contribution in [2.45, 2.75) is 19.8 Å². The second kappa shape index (κ2) is 6.03. The van der Waals surface area contributed by atoms with Gasteiger partial charge < -0.3 is 0 Å². The summed E-state index contributed by atoms with van der Waals surface area (Å²) in [6.07, 6.45) is 6.22. The number of allylic oxidation sites excluding steroid dienone is 2. The van der Waals surface area contributed by atoms with Gasteiger partial charge in [-0.1, -0.05) is 25.5 Å². The Balaban J connectivity index is 2.78. The van der Waals surface area contributed by atoms with Gasteiger partial charge in [-0.2, -0.15) is 0 Å². The molecule has 0 aliphatic heterocycles. The molecule has 0 rings (SSSR count). The summed E-state index contributed by atoms with van der Waals surface area (Å²) in [6.45, 7) is 2.14. The first kappa shape index (κ1) is 7.03. The van der Waals surface area contributed by atoms with Crippen LogP contribution in [0.5, 0.6) is 0 Å². The third kappa shape index (κ3) is 6.03. The van der Waals surface area contributed by atoms with E-state index in [0.717, 1.165) is 6.42 Å². The molecule has 0 aliphatic carbocycles. The monoisotopic (exact) mass is 117 g/mol. The molecule has 0 saturated heterocycles. The summed E-state index contributed by atoms with van der Waals surface area (Å²) in [4.78, 5) is 0. The van der Waals surface area contributed by atoms with Crippen molar-refractivity contribution in [1.29, 1.82) is 0 Å². The molecule has 0 nitrogen and oxygen atoms in total. The molecule has 0 amide bonds. The molecule has 0 unspecified atom stereocenters. The summed E-state index contributed by atoms with van der Waals surface area (Å²) in [5.74, 6) is 1.52. The third-order valence-electron chi connectivity index (χ3n) is 0.664. The van der Waals surface area contributed by atoms with E-state index in [9.17, 15) is 0 Å². The highest BCUT2D eigenvalue weighted by molar-refractivity contribution is 6.24. The molecular weight excluding hydrogens is 108 g/mol. The zero-order valence-corrected chi connectivity index (χ0v) is 5.28. The maximum absolute atomic E-state index is 5.23. The van der Waals surface area contributed by atoms with Gasteiger partial charge in [0.25, 0.3) is 0 Å². The van der Waals surface area contributed by atoms with Crippen molar-refractivity contribution in [3.05, 3.63) is 18.0 Å². The van der Waals surface area contributed by atoms with Gasteiger partial charge in [0.2, 0.25) is 0 Å². The van der Waals surface area contributed by atoms with Crippen molar-refractivity contribution in [3.63, 3.8) is 0 Å². The van der Waals surface area contributed by atoms with Crippen LogP contribution in [0.1, 0.15) is 19.8 Å². The molecule has 0 aliphatic rings. The van der Waals surface area contributed by atoms with Gasteiger partial charge in [-0.15, -0.1) is 11.6 Å². The summed E-state index contributed by atoms with van der Waals surface area (Å²) in [5.41, 5.74) is 0. The Bertz CT molecular complexity index is 48.1. The smallest absolute Gasteiger partial charge is 0.0715 e. The first-order chi connectivity index (χ1) is 3.41. The highest BCUT2D eigenvalue weighted by Crippen LogP contribution is 1.91. The quantitative estimate of drug-likeness (QED) is 0.533. The van der Waals surface area contributed by atoms with Crippen LogP contribution in [0.4, 0.5) is 0 Å². The van der Waals surface area contributed by atoms with Crippen molar-refractivity contribution in [2.24, 2.45) is 0 Å². The Labute approximate surface area is 50.2 Å². The van der Waals surface area contributed by atoms with Crippen LogP contribution < -0.4 is 0 Å². The Kier molecular flexibility index (Phi) is 6.06. The molecule has 0 heterocycles. The van der Waals surface area contributed by atoms with Gasteiger partial charge in [0, 0.05) is 0 Å². The number of hydrogen-bond donors (Lipinski definition) is 0. The molecule has 0 N–H and O–H groups in total. The highest BCUT2D eigenvalue weighted by Gasteiger charge is 1.69. The van der Waals surface area contributed by atoms with E-state index in [1.165, 1.54) is 12.3 Å². The highest BCUT2D eigenvalue weighted by atomic mass is 35.5. The minimum Gasteiger partial charge on any atom is -0.117 e. The van der Waals surface area contributed by atoms with Gasteiger partial charge >= 0.3 is 0 Å². The van der Waals surface area contributed by atoms with Crippen LogP contribution in [0.15, 0.2) is 12.2 Å². The van der Waals surface area contributed by atoms with Crippen LogP contribution >= 0.6 is 11.6 Å². The maximum Gasteiger partial charge on any atom is 0.0715 e. The molecule has 0 fully saturated rings. The summed E-state index contributed by atoms with van der Waals surface area (Å²) in [7, 11) is 0. The van der Waals surface area contributed by atoms with E-state index in [0.29, 0.717) is 0 Å². The van der Waals surface area contributed by atoms with E-state index >= 15 is 0 Å². The summed E-state index contributed by atoms with van der Waals surface area (Å²) < 4.78 is 0. The predicted molar refractivity (Wildman–Crippen MR) is 34.2 cm³/mol. The largest absolute Gasteiger partial charge is 0.117 e. The fourth-order valence-electron chi connectivity index (χ4n) is 0.314. The lowest BCUT2D eigenvalue weighted by Crippen LogP contribution is -1.58. The van der Waals surface area contributed by atoms with Crippen molar-refractivity contribution in [3.8, 4) is 0 Å². The van der Waals surface area contributed by atoms with Gasteiger partial charge in [-0.25, -0.2) is 0 Å². The van der Waals surface area contributed by atoms with E-state index in [2.05, 4.69) is 6.92 Å². The molecular formula is C6H10Cl. The molecule has 0 saturated carbocycles. The molecule has 1 heteroatoms. The molecule has 1 radical (unpaired) electrons. The lowest BCUT2D eigenvalue weighted by molar-refractivity contribution is 0.958. The summed E-state index contributed by atoms with van der Waals surface area (Å²) in [5, 5.41) is 0. The Morgan fingerprint density at radius 1 is 1.57 bits per heavy atom. The predicted octanol–water partition coefficient (Wildman–Crippen LogP) is 2.74. The molecule has 7 heavy (non-hydrogen) atoms. The minimum atomic E-state index is 1.13. The van der Waals surface area contributed by atoms with Crippen LogP contribution in [0, 0.1) is 5.88 Å². The van der Waals surface area contributed by atoms with Crippen molar-refractivity contribution in [1.82, 2.24) is 0 Å². The molecule has 0 aromatic heterocycles. The Hall–Kier alpha value is 0.0300. The van der Waals surface area contributed by atoms with Gasteiger partial charge in [-0.3, -0.25) is 0 Å². The molecule has 0 spiro atoms. The first-order valence-electron chi connectivity index (χ1n) is 2.50. The van der Waals surface area contributed by atoms with Crippen LogP contribution in [0.2, 0.25) is 0 Å². The summed E-state index contributed by atoms with van der Waals surface area (Å²) in [6, 6.07) is 0. The van der Waals surface area contributed by atoms with Crippen LogP contribution in [0.3, 0.4) is 0 Å². The average molecular weight is 118 g/mol. The van der Waals surface area contributed by atoms with E-state index in [-0.39, 0.29) is 0 Å². The second-order valence-corrected chi connectivity index (χ2v) is 1.59. The van der Waals surface area contributed by atoms with E-state index in [1.807, 2.05) is 12.2 Å². The van der Waals surface area contributed by atoms with Gasteiger partial charge in [0.05, 0.1) is 5.88 Å². The summed E-state index contributed by atoms with van der Waals surface area (Å²) >= 11 is 5.23. The van der Waals surface area contributed by atoms with Crippen molar-refractivity contribution in [2.75, 3.05) is 0 Å². The molecule has 0 bridgehead atoms. The fraction of sp³-hybridized carbons (Fsp3) is 0.500. The second-order valence-electron chi connectivity index (χ2n) is 1.34. The first-order valence-corrected chi connectivity index (χ1v) is 2.94. The SMILES string of the molecule is CCCC=C[CH]Cl. The molecule has 0 aromatic rings. The number of rotatable bonds is 3. The van der Waals surface area contributed by atoms with Gasteiger partial charge in [0.1, 0.15) is 0 Å². The van der Waals surface area contributed by atoms with Crippen molar-refractivity contribution < 1.29 is 0 Å². The molecule has 0 aromatic carbocycles. The fourth-order valence-corrected chi connectivity index (χ4v) is 0.417. The number of halogens is 1. The van der Waals surface area contributed by atoms with Crippen LogP contribution in [-0.2, 0) is 0 Å².